The first kappa shape index (κ1) is 13.5. The molecule has 0 aliphatic carbocycles. The van der Waals surface area contributed by atoms with Crippen molar-refractivity contribution in [2.45, 2.75) is 32.4 Å². The number of halogens is 1. The molecule has 106 valence electrons. The average molecular weight is 292 g/mol. The summed E-state index contributed by atoms with van der Waals surface area (Å²) in [6.45, 7) is 4.88. The van der Waals surface area contributed by atoms with Crippen molar-refractivity contribution < 1.29 is 9.13 Å². The highest BCUT2D eigenvalue weighted by atomic mass is 32.1. The molecule has 3 nitrogen and oxygen atoms in total. The second-order valence-corrected chi connectivity index (χ2v) is 6.40. The molecule has 0 spiro atoms. The maximum absolute atomic E-state index is 13.1. The lowest BCUT2D eigenvalue weighted by molar-refractivity contribution is 0.222. The Bertz CT molecular complexity index is 614. The Balaban J connectivity index is 1.56. The molecule has 1 aliphatic rings. The molecule has 1 aliphatic heterocycles. The zero-order chi connectivity index (χ0) is 14.1. The number of ether oxygens (including phenoxy) is 1. The van der Waals surface area contributed by atoms with E-state index in [2.05, 4.69) is 24.1 Å². The summed E-state index contributed by atoms with van der Waals surface area (Å²) in [4.78, 5) is 5.59. The Labute approximate surface area is 121 Å². The molecule has 2 atom stereocenters. The number of rotatable bonds is 4. The van der Waals surface area contributed by atoms with Gasteiger partial charge in [-0.25, -0.2) is 9.37 Å². The lowest BCUT2D eigenvalue weighted by Crippen LogP contribution is -2.31. The van der Waals surface area contributed by atoms with Gasteiger partial charge >= 0.3 is 0 Å². The van der Waals surface area contributed by atoms with Gasteiger partial charge in [0.2, 0.25) is 0 Å². The number of nitrogens with one attached hydrogen (secondary N) is 1. The van der Waals surface area contributed by atoms with Crippen molar-refractivity contribution in [3.8, 4) is 5.75 Å². The van der Waals surface area contributed by atoms with Crippen LogP contribution < -0.4 is 10.1 Å². The molecule has 3 rings (SSSR count). The van der Waals surface area contributed by atoms with Gasteiger partial charge in [-0.3, -0.25) is 0 Å². The van der Waals surface area contributed by atoms with Crippen molar-refractivity contribution in [3.63, 3.8) is 0 Å². The fourth-order valence-corrected chi connectivity index (χ4v) is 3.17. The second-order valence-electron chi connectivity index (χ2n) is 5.14. The third-order valence-electron chi connectivity index (χ3n) is 3.43. The van der Waals surface area contributed by atoms with E-state index in [1.54, 1.807) is 23.5 Å². The number of aryl methyl sites for hydroxylation is 1. The molecule has 0 saturated carbocycles. The van der Waals surface area contributed by atoms with Gasteiger partial charge in [0.1, 0.15) is 22.7 Å². The summed E-state index contributed by atoms with van der Waals surface area (Å²) < 4.78 is 19.0. The molecule has 0 radical (unpaired) electrons. The number of nitrogens with zero attached hydrogens (tertiary/aromatic N) is 1. The summed E-state index contributed by atoms with van der Waals surface area (Å²) in [5, 5.41) is 4.52. The van der Waals surface area contributed by atoms with Crippen molar-refractivity contribution in [1.82, 2.24) is 10.3 Å². The molecule has 2 aromatic rings. The Hall–Kier alpha value is -1.46. The van der Waals surface area contributed by atoms with E-state index in [4.69, 9.17) is 4.74 Å². The van der Waals surface area contributed by atoms with Crippen LogP contribution in [0.25, 0.3) is 0 Å². The fourth-order valence-electron chi connectivity index (χ4n) is 2.37. The molecule has 2 heterocycles. The smallest absolute Gasteiger partial charge is 0.123 e. The lowest BCUT2D eigenvalue weighted by atomic mass is 10.1. The minimum absolute atomic E-state index is 0.0651. The van der Waals surface area contributed by atoms with Crippen LogP contribution in [-0.2, 0) is 6.42 Å². The van der Waals surface area contributed by atoms with Crippen molar-refractivity contribution in [3.05, 3.63) is 45.7 Å². The second kappa shape index (κ2) is 5.50. The van der Waals surface area contributed by atoms with Gasteiger partial charge in [0.15, 0.2) is 0 Å². The molecule has 1 aromatic heterocycles. The molecule has 1 aromatic carbocycles. The van der Waals surface area contributed by atoms with Crippen LogP contribution in [-0.4, -0.2) is 17.6 Å². The molecular formula is C15H17FN2OS. The normalized spacial score (nSPS) is 18.6. The molecule has 5 heteroatoms. The van der Waals surface area contributed by atoms with Crippen LogP contribution in [0.5, 0.6) is 5.75 Å². The van der Waals surface area contributed by atoms with Gasteiger partial charge in [-0.2, -0.15) is 0 Å². The average Bonchev–Trinajstić information content (AvgIpc) is 3.01. The van der Waals surface area contributed by atoms with E-state index < -0.39 is 0 Å². The number of hydrogen-bond donors (Lipinski definition) is 1. The van der Waals surface area contributed by atoms with Gasteiger partial charge in [-0.1, -0.05) is 0 Å². The van der Waals surface area contributed by atoms with Crippen molar-refractivity contribution in [2.75, 3.05) is 6.54 Å². The van der Waals surface area contributed by atoms with Gasteiger partial charge in [0.05, 0.1) is 6.04 Å². The Kier molecular flexibility index (Phi) is 3.72. The highest BCUT2D eigenvalue weighted by Crippen LogP contribution is 2.29. The number of hydrogen-bond acceptors (Lipinski definition) is 4. The van der Waals surface area contributed by atoms with Crippen LogP contribution in [0.15, 0.2) is 24.4 Å². The maximum Gasteiger partial charge on any atom is 0.123 e. The Morgan fingerprint density at radius 2 is 2.40 bits per heavy atom. The molecule has 0 fully saturated rings. The molecular weight excluding hydrogens is 275 g/mol. The number of thiazole rings is 1. The molecule has 0 bridgehead atoms. The van der Waals surface area contributed by atoms with E-state index in [0.29, 0.717) is 0 Å². The van der Waals surface area contributed by atoms with Gasteiger partial charge < -0.3 is 10.1 Å². The van der Waals surface area contributed by atoms with E-state index in [1.165, 1.54) is 10.9 Å². The largest absolute Gasteiger partial charge is 0.488 e. The number of fused-ring (bicyclic) bond motifs is 1. The third kappa shape index (κ3) is 2.83. The van der Waals surface area contributed by atoms with Gasteiger partial charge in [0.25, 0.3) is 0 Å². The maximum atomic E-state index is 13.1. The number of aromatic nitrogens is 1. The monoisotopic (exact) mass is 292 g/mol. The zero-order valence-electron chi connectivity index (χ0n) is 11.5. The SMILES string of the molecule is Cc1cnc(C(C)NCC2Cc3cc(F)ccc3O2)s1. The first-order valence-electron chi connectivity index (χ1n) is 6.72. The summed E-state index contributed by atoms with van der Waals surface area (Å²) in [7, 11) is 0. The van der Waals surface area contributed by atoms with Gasteiger partial charge in [-0.15, -0.1) is 11.3 Å². The highest BCUT2D eigenvalue weighted by molar-refractivity contribution is 7.11. The van der Waals surface area contributed by atoms with E-state index in [-0.39, 0.29) is 18.0 Å². The lowest BCUT2D eigenvalue weighted by Gasteiger charge is -2.15. The third-order valence-corrected chi connectivity index (χ3v) is 4.52. The predicted molar refractivity (Wildman–Crippen MR) is 77.8 cm³/mol. The highest BCUT2D eigenvalue weighted by Gasteiger charge is 2.23. The van der Waals surface area contributed by atoms with Gasteiger partial charge in [-0.05, 0) is 32.0 Å². The van der Waals surface area contributed by atoms with E-state index in [0.717, 1.165) is 29.3 Å². The summed E-state index contributed by atoms with van der Waals surface area (Å²) in [5.41, 5.74) is 0.953. The molecule has 20 heavy (non-hydrogen) atoms. The van der Waals surface area contributed by atoms with Crippen LogP contribution in [0.2, 0.25) is 0 Å². The predicted octanol–water partition coefficient (Wildman–Crippen LogP) is 3.24. The van der Waals surface area contributed by atoms with Crippen LogP contribution in [0.4, 0.5) is 4.39 Å². The van der Waals surface area contributed by atoms with Crippen LogP contribution in [0.1, 0.15) is 28.4 Å². The van der Waals surface area contributed by atoms with Crippen LogP contribution in [0.3, 0.4) is 0 Å². The Morgan fingerprint density at radius 3 is 3.15 bits per heavy atom. The Morgan fingerprint density at radius 1 is 1.55 bits per heavy atom. The van der Waals surface area contributed by atoms with Crippen LogP contribution in [0, 0.1) is 12.7 Å². The minimum atomic E-state index is -0.201. The van der Waals surface area contributed by atoms with E-state index >= 15 is 0 Å². The summed E-state index contributed by atoms with van der Waals surface area (Å²) in [6.07, 6.45) is 2.71. The first-order chi connectivity index (χ1) is 9.61. The van der Waals surface area contributed by atoms with Crippen molar-refractivity contribution in [2.24, 2.45) is 0 Å². The first-order valence-corrected chi connectivity index (χ1v) is 7.54. The molecule has 2 unspecified atom stereocenters. The van der Waals surface area contributed by atoms with E-state index in [1.807, 2.05) is 6.20 Å². The van der Waals surface area contributed by atoms with Crippen LogP contribution >= 0.6 is 11.3 Å². The quantitative estimate of drug-likeness (QED) is 0.939. The zero-order valence-corrected chi connectivity index (χ0v) is 12.3. The standard InChI is InChI=1S/C15H17FN2OS/c1-9-7-18-15(20-9)10(2)17-8-13-6-11-5-12(16)3-4-14(11)19-13/h3-5,7,10,13,17H,6,8H2,1-2H3. The number of benzene rings is 1. The molecule has 0 amide bonds. The summed E-state index contributed by atoms with van der Waals surface area (Å²) in [5.74, 6) is 0.600. The molecule has 1 N–H and O–H groups in total. The van der Waals surface area contributed by atoms with Crippen molar-refractivity contribution in [1.29, 1.82) is 0 Å². The minimum Gasteiger partial charge on any atom is -0.488 e. The summed E-state index contributed by atoms with van der Waals surface area (Å²) in [6, 6.07) is 4.91. The fraction of sp³-hybridized carbons (Fsp3) is 0.400. The molecule has 0 saturated heterocycles. The topological polar surface area (TPSA) is 34.2 Å². The van der Waals surface area contributed by atoms with Crippen molar-refractivity contribution >= 4 is 11.3 Å². The van der Waals surface area contributed by atoms with Gasteiger partial charge in [0, 0.05) is 29.6 Å². The van der Waals surface area contributed by atoms with E-state index in [9.17, 15) is 4.39 Å². The summed E-state index contributed by atoms with van der Waals surface area (Å²) >= 11 is 1.70.